The van der Waals surface area contributed by atoms with Gasteiger partial charge in [-0.05, 0) is 44.6 Å². The number of nitrogens with one attached hydrogen (secondary N) is 1. The van der Waals surface area contributed by atoms with Gasteiger partial charge in [-0.1, -0.05) is 0 Å². The van der Waals surface area contributed by atoms with E-state index in [1.807, 2.05) is 0 Å². The van der Waals surface area contributed by atoms with Crippen LogP contribution in [0.5, 0.6) is 0 Å². The van der Waals surface area contributed by atoms with Crippen molar-refractivity contribution in [2.45, 2.75) is 31.7 Å². The molecule has 0 bridgehead atoms. The maximum absolute atomic E-state index is 9.25. The average molecular weight is 199 g/mol. The van der Waals surface area contributed by atoms with Crippen molar-refractivity contribution in [3.05, 3.63) is 0 Å². The van der Waals surface area contributed by atoms with Gasteiger partial charge in [0.05, 0.1) is 6.61 Å². The van der Waals surface area contributed by atoms with Crippen molar-refractivity contribution < 1.29 is 9.84 Å². The van der Waals surface area contributed by atoms with Gasteiger partial charge in [0.1, 0.15) is 0 Å². The third-order valence-electron chi connectivity index (χ3n) is 3.71. The van der Waals surface area contributed by atoms with E-state index < -0.39 is 0 Å². The van der Waals surface area contributed by atoms with Crippen LogP contribution in [0.25, 0.3) is 0 Å². The molecule has 0 amide bonds. The molecule has 2 aliphatic rings. The molecule has 0 aromatic rings. The summed E-state index contributed by atoms with van der Waals surface area (Å²) in [6, 6.07) is 0. The van der Waals surface area contributed by atoms with Crippen LogP contribution in [0.1, 0.15) is 26.2 Å². The van der Waals surface area contributed by atoms with Gasteiger partial charge in [-0.2, -0.15) is 0 Å². The summed E-state index contributed by atoms with van der Waals surface area (Å²) >= 11 is 0. The van der Waals surface area contributed by atoms with Crippen molar-refractivity contribution in [2.75, 3.05) is 26.4 Å². The Bertz CT molecular complexity index is 192. The van der Waals surface area contributed by atoms with E-state index in [2.05, 4.69) is 12.2 Å². The molecule has 3 heteroatoms. The third kappa shape index (κ3) is 2.10. The predicted molar refractivity (Wildman–Crippen MR) is 55.1 cm³/mol. The second-order valence-corrected chi connectivity index (χ2v) is 5.04. The first kappa shape index (κ1) is 10.4. The number of hydrogen-bond acceptors (Lipinski definition) is 3. The molecule has 2 fully saturated rings. The molecule has 3 atom stereocenters. The van der Waals surface area contributed by atoms with Gasteiger partial charge >= 0.3 is 0 Å². The number of hydrogen-bond donors (Lipinski definition) is 2. The van der Waals surface area contributed by atoms with Crippen molar-refractivity contribution in [3.63, 3.8) is 0 Å². The lowest BCUT2D eigenvalue weighted by atomic mass is 9.83. The average Bonchev–Trinajstić information content (AvgIpc) is 2.63. The van der Waals surface area contributed by atoms with E-state index >= 15 is 0 Å². The van der Waals surface area contributed by atoms with E-state index in [0.717, 1.165) is 26.2 Å². The SMILES string of the molecule is CC1(CO)CC(C2CCCOC2)CN1. The molecular formula is C11H21NO2. The quantitative estimate of drug-likeness (QED) is 0.690. The Hall–Kier alpha value is -0.120. The molecule has 0 saturated carbocycles. The molecule has 14 heavy (non-hydrogen) atoms. The highest BCUT2D eigenvalue weighted by atomic mass is 16.5. The van der Waals surface area contributed by atoms with Gasteiger partial charge in [0.15, 0.2) is 0 Å². The Labute approximate surface area is 85.8 Å². The first-order valence-electron chi connectivity index (χ1n) is 5.67. The minimum atomic E-state index is -0.0396. The second kappa shape index (κ2) is 4.17. The van der Waals surface area contributed by atoms with Gasteiger partial charge < -0.3 is 15.2 Å². The van der Waals surface area contributed by atoms with E-state index in [9.17, 15) is 5.11 Å². The molecule has 82 valence electrons. The summed E-state index contributed by atoms with van der Waals surface area (Å²) in [5, 5.41) is 12.7. The zero-order valence-corrected chi connectivity index (χ0v) is 8.96. The summed E-state index contributed by atoms with van der Waals surface area (Å²) in [6.07, 6.45) is 3.60. The lowest BCUT2D eigenvalue weighted by Crippen LogP contribution is -2.39. The van der Waals surface area contributed by atoms with Crippen LogP contribution in [0.4, 0.5) is 0 Å². The molecule has 2 N–H and O–H groups in total. The highest BCUT2D eigenvalue weighted by Gasteiger charge is 2.38. The standard InChI is InChI=1S/C11H21NO2/c1-11(8-13)5-10(6-12-11)9-3-2-4-14-7-9/h9-10,12-13H,2-8H2,1H3. The summed E-state index contributed by atoms with van der Waals surface area (Å²) < 4.78 is 5.51. The van der Waals surface area contributed by atoms with Crippen LogP contribution >= 0.6 is 0 Å². The summed E-state index contributed by atoms with van der Waals surface area (Å²) in [6.45, 7) is 5.26. The first-order chi connectivity index (χ1) is 6.73. The van der Waals surface area contributed by atoms with Crippen molar-refractivity contribution in [2.24, 2.45) is 11.8 Å². The maximum Gasteiger partial charge on any atom is 0.0610 e. The Kier molecular flexibility index (Phi) is 3.10. The van der Waals surface area contributed by atoms with Gasteiger partial charge in [0.25, 0.3) is 0 Å². The largest absolute Gasteiger partial charge is 0.394 e. The normalized spacial score (nSPS) is 44.1. The highest BCUT2D eigenvalue weighted by molar-refractivity contribution is 4.95. The summed E-state index contributed by atoms with van der Waals surface area (Å²) in [5.41, 5.74) is -0.0396. The molecule has 0 aromatic carbocycles. The van der Waals surface area contributed by atoms with Crippen LogP contribution in [0.15, 0.2) is 0 Å². The number of aliphatic hydroxyl groups is 1. The Balaban J connectivity index is 1.88. The molecule has 0 radical (unpaired) electrons. The van der Waals surface area contributed by atoms with Crippen LogP contribution in [-0.4, -0.2) is 37.0 Å². The monoisotopic (exact) mass is 199 g/mol. The van der Waals surface area contributed by atoms with Crippen molar-refractivity contribution >= 4 is 0 Å². The minimum absolute atomic E-state index is 0.0396. The van der Waals surface area contributed by atoms with Crippen LogP contribution < -0.4 is 5.32 Å². The Morgan fingerprint density at radius 3 is 2.93 bits per heavy atom. The summed E-state index contributed by atoms with van der Waals surface area (Å²) in [5.74, 6) is 1.41. The molecule has 0 aromatic heterocycles. The van der Waals surface area contributed by atoms with Crippen LogP contribution in [-0.2, 0) is 4.74 Å². The van der Waals surface area contributed by atoms with Crippen molar-refractivity contribution in [1.82, 2.24) is 5.32 Å². The first-order valence-corrected chi connectivity index (χ1v) is 5.67. The third-order valence-corrected chi connectivity index (χ3v) is 3.71. The molecule has 0 aliphatic carbocycles. The molecule has 0 spiro atoms. The smallest absolute Gasteiger partial charge is 0.0610 e. The second-order valence-electron chi connectivity index (χ2n) is 5.04. The van der Waals surface area contributed by atoms with E-state index in [0.29, 0.717) is 11.8 Å². The van der Waals surface area contributed by atoms with Crippen LogP contribution in [0, 0.1) is 11.8 Å². The van der Waals surface area contributed by atoms with E-state index in [-0.39, 0.29) is 12.1 Å². The van der Waals surface area contributed by atoms with Gasteiger partial charge in [0.2, 0.25) is 0 Å². The zero-order chi connectivity index (χ0) is 10.0. The highest BCUT2D eigenvalue weighted by Crippen LogP contribution is 2.33. The minimum Gasteiger partial charge on any atom is -0.394 e. The fourth-order valence-corrected chi connectivity index (χ4v) is 2.69. The van der Waals surface area contributed by atoms with E-state index in [1.54, 1.807) is 0 Å². The Morgan fingerprint density at radius 2 is 2.36 bits per heavy atom. The van der Waals surface area contributed by atoms with Gasteiger partial charge in [-0.25, -0.2) is 0 Å². The number of aliphatic hydroxyl groups excluding tert-OH is 1. The lowest BCUT2D eigenvalue weighted by Gasteiger charge is -2.28. The molecule has 2 aliphatic heterocycles. The molecule has 3 nitrogen and oxygen atoms in total. The molecular weight excluding hydrogens is 178 g/mol. The Morgan fingerprint density at radius 1 is 1.50 bits per heavy atom. The van der Waals surface area contributed by atoms with E-state index in [1.165, 1.54) is 12.8 Å². The van der Waals surface area contributed by atoms with E-state index in [4.69, 9.17) is 4.74 Å². The van der Waals surface area contributed by atoms with Crippen LogP contribution in [0.3, 0.4) is 0 Å². The van der Waals surface area contributed by atoms with Gasteiger partial charge in [-0.15, -0.1) is 0 Å². The molecule has 3 unspecified atom stereocenters. The fourth-order valence-electron chi connectivity index (χ4n) is 2.69. The maximum atomic E-state index is 9.25. The van der Waals surface area contributed by atoms with Gasteiger partial charge in [0, 0.05) is 18.8 Å². The van der Waals surface area contributed by atoms with Crippen molar-refractivity contribution in [1.29, 1.82) is 0 Å². The summed E-state index contributed by atoms with van der Waals surface area (Å²) in [4.78, 5) is 0. The van der Waals surface area contributed by atoms with Crippen molar-refractivity contribution in [3.8, 4) is 0 Å². The summed E-state index contributed by atoms with van der Waals surface area (Å²) in [7, 11) is 0. The zero-order valence-electron chi connectivity index (χ0n) is 8.96. The topological polar surface area (TPSA) is 41.5 Å². The number of rotatable bonds is 2. The molecule has 2 heterocycles. The van der Waals surface area contributed by atoms with Gasteiger partial charge in [-0.3, -0.25) is 0 Å². The fraction of sp³-hybridized carbons (Fsp3) is 1.00. The predicted octanol–water partition coefficient (Wildman–Crippen LogP) is 0.773. The van der Waals surface area contributed by atoms with Crippen LogP contribution in [0.2, 0.25) is 0 Å². The molecule has 2 saturated heterocycles. The molecule has 2 rings (SSSR count). The lowest BCUT2D eigenvalue weighted by molar-refractivity contribution is 0.0322. The number of ether oxygens (including phenoxy) is 1.